The highest BCUT2D eigenvalue weighted by Gasteiger charge is 2.37. The molecule has 1 aliphatic heterocycles. The van der Waals surface area contributed by atoms with Gasteiger partial charge in [0.2, 0.25) is 0 Å². The van der Waals surface area contributed by atoms with Crippen LogP contribution in [0.3, 0.4) is 0 Å². The number of benzene rings is 3. The molecule has 0 radical (unpaired) electrons. The van der Waals surface area contributed by atoms with Crippen LogP contribution in [-0.4, -0.2) is 29.7 Å². The smallest absolute Gasteiger partial charge is 0.278 e. The van der Waals surface area contributed by atoms with Gasteiger partial charge in [0.25, 0.3) is 17.7 Å². The molecule has 0 bridgehead atoms. The molecule has 0 saturated heterocycles. The second-order valence-corrected chi connectivity index (χ2v) is 7.95. The van der Waals surface area contributed by atoms with Crippen molar-refractivity contribution in [3.63, 3.8) is 0 Å². The van der Waals surface area contributed by atoms with Gasteiger partial charge in [-0.15, -0.1) is 0 Å². The fourth-order valence-corrected chi connectivity index (χ4v) is 3.77. The number of amides is 3. The summed E-state index contributed by atoms with van der Waals surface area (Å²) in [5.41, 5.74) is 2.75. The van der Waals surface area contributed by atoms with Crippen LogP contribution < -0.4 is 15.4 Å². The van der Waals surface area contributed by atoms with Crippen molar-refractivity contribution < 1.29 is 19.1 Å². The molecule has 4 rings (SSSR count). The van der Waals surface area contributed by atoms with Crippen LogP contribution in [0.25, 0.3) is 0 Å². The second kappa shape index (κ2) is 10.2. The summed E-state index contributed by atoms with van der Waals surface area (Å²) < 4.78 is 5.25. The number of ether oxygens (including phenoxy) is 1. The highest BCUT2D eigenvalue weighted by Crippen LogP contribution is 2.25. The van der Waals surface area contributed by atoms with Crippen LogP contribution in [0.1, 0.15) is 21.5 Å². The summed E-state index contributed by atoms with van der Waals surface area (Å²) >= 11 is 6.16. The number of carbonyl (C=O) groups is 3. The zero-order chi connectivity index (χ0) is 24.1. The van der Waals surface area contributed by atoms with E-state index < -0.39 is 11.8 Å². The molecule has 7 nitrogen and oxygen atoms in total. The Kier molecular flexibility index (Phi) is 6.94. The maximum atomic E-state index is 12.8. The molecule has 0 unspecified atom stereocenters. The van der Waals surface area contributed by atoms with E-state index >= 15 is 0 Å². The van der Waals surface area contributed by atoms with Crippen molar-refractivity contribution >= 4 is 35.0 Å². The number of carbonyl (C=O) groups excluding carboxylic acids is 3. The van der Waals surface area contributed by atoms with Crippen molar-refractivity contribution in [2.75, 3.05) is 12.4 Å². The SMILES string of the molecule is COc1ccccc1NC(=O)c1ccc(CNC2=C(Cl)C(=O)N(Cc3ccccc3)C2=O)cc1. The molecule has 2 N–H and O–H groups in total. The molecule has 34 heavy (non-hydrogen) atoms. The van der Waals surface area contributed by atoms with Gasteiger partial charge in [-0.25, -0.2) is 0 Å². The number of nitrogens with one attached hydrogen (secondary N) is 2. The summed E-state index contributed by atoms with van der Waals surface area (Å²) in [6.07, 6.45) is 0. The molecule has 0 fully saturated rings. The maximum Gasteiger partial charge on any atom is 0.278 e. The first-order valence-electron chi connectivity index (χ1n) is 10.5. The van der Waals surface area contributed by atoms with Crippen LogP contribution in [-0.2, 0) is 22.7 Å². The fourth-order valence-electron chi connectivity index (χ4n) is 3.52. The van der Waals surface area contributed by atoms with Crippen molar-refractivity contribution in [3.05, 3.63) is 106 Å². The average molecular weight is 476 g/mol. The Morgan fingerprint density at radius 3 is 2.26 bits per heavy atom. The Balaban J connectivity index is 1.38. The topological polar surface area (TPSA) is 87.7 Å². The summed E-state index contributed by atoms with van der Waals surface area (Å²) in [6.45, 7) is 0.411. The first-order valence-corrected chi connectivity index (χ1v) is 10.9. The number of methoxy groups -OCH3 is 1. The van der Waals surface area contributed by atoms with Gasteiger partial charge in [-0.1, -0.05) is 66.2 Å². The van der Waals surface area contributed by atoms with Crippen LogP contribution in [0.4, 0.5) is 5.69 Å². The summed E-state index contributed by atoms with van der Waals surface area (Å²) in [4.78, 5) is 38.9. The monoisotopic (exact) mass is 475 g/mol. The number of halogens is 1. The third-order valence-electron chi connectivity index (χ3n) is 5.34. The number of hydrogen-bond donors (Lipinski definition) is 2. The van der Waals surface area contributed by atoms with Gasteiger partial charge in [0.1, 0.15) is 16.5 Å². The standard InChI is InChI=1S/C26H22ClN3O4/c1-34-21-10-6-5-9-20(21)29-24(31)19-13-11-17(12-14-19)15-28-23-22(27)25(32)30(26(23)33)16-18-7-3-2-4-8-18/h2-14,28H,15-16H2,1H3,(H,29,31). The maximum absolute atomic E-state index is 12.8. The third kappa shape index (κ3) is 4.94. The second-order valence-electron chi connectivity index (χ2n) is 7.58. The van der Waals surface area contributed by atoms with E-state index in [0.717, 1.165) is 16.0 Å². The summed E-state index contributed by atoms with van der Waals surface area (Å²) in [5, 5.41) is 5.66. The highest BCUT2D eigenvalue weighted by molar-refractivity contribution is 6.47. The van der Waals surface area contributed by atoms with Crippen LogP contribution in [0.5, 0.6) is 5.75 Å². The van der Waals surface area contributed by atoms with Crippen molar-refractivity contribution in [2.45, 2.75) is 13.1 Å². The molecule has 1 heterocycles. The first-order chi connectivity index (χ1) is 16.5. The number of imide groups is 1. The van der Waals surface area contributed by atoms with E-state index in [2.05, 4.69) is 10.6 Å². The average Bonchev–Trinajstić information content (AvgIpc) is 3.06. The molecule has 0 atom stereocenters. The molecular formula is C26H22ClN3O4. The van der Waals surface area contributed by atoms with Gasteiger partial charge < -0.3 is 15.4 Å². The van der Waals surface area contributed by atoms with Crippen LogP contribution in [0, 0.1) is 0 Å². The number of para-hydroxylation sites is 2. The number of hydrogen-bond acceptors (Lipinski definition) is 5. The minimum absolute atomic E-state index is 0.0700. The molecule has 0 spiro atoms. The van der Waals surface area contributed by atoms with E-state index in [0.29, 0.717) is 17.0 Å². The van der Waals surface area contributed by atoms with Gasteiger partial charge in [0.15, 0.2) is 0 Å². The highest BCUT2D eigenvalue weighted by atomic mass is 35.5. The minimum atomic E-state index is -0.527. The van der Waals surface area contributed by atoms with Gasteiger partial charge in [-0.2, -0.15) is 0 Å². The van der Waals surface area contributed by atoms with Gasteiger partial charge in [0, 0.05) is 12.1 Å². The Morgan fingerprint density at radius 1 is 0.882 bits per heavy atom. The normalized spacial score (nSPS) is 13.3. The van der Waals surface area contributed by atoms with Crippen LogP contribution >= 0.6 is 11.6 Å². The molecule has 8 heteroatoms. The number of rotatable bonds is 8. The van der Waals surface area contributed by atoms with Crippen LogP contribution in [0.15, 0.2) is 89.6 Å². The Hall–Kier alpha value is -4.10. The lowest BCUT2D eigenvalue weighted by Gasteiger charge is -2.15. The molecule has 0 saturated carbocycles. The molecule has 0 aliphatic carbocycles. The Morgan fingerprint density at radius 2 is 1.56 bits per heavy atom. The fraction of sp³-hybridized carbons (Fsp3) is 0.115. The molecule has 0 aromatic heterocycles. The Bertz CT molecular complexity index is 1260. The molecular weight excluding hydrogens is 454 g/mol. The van der Waals surface area contributed by atoms with E-state index in [1.54, 1.807) is 36.4 Å². The third-order valence-corrected chi connectivity index (χ3v) is 5.69. The zero-order valence-electron chi connectivity index (χ0n) is 18.4. The number of nitrogens with zero attached hydrogens (tertiary/aromatic N) is 1. The minimum Gasteiger partial charge on any atom is -0.495 e. The lowest BCUT2D eigenvalue weighted by molar-refractivity contribution is -0.138. The molecule has 172 valence electrons. The predicted molar refractivity (Wildman–Crippen MR) is 129 cm³/mol. The largest absolute Gasteiger partial charge is 0.495 e. The van der Waals surface area contributed by atoms with Gasteiger partial charge in [-0.3, -0.25) is 19.3 Å². The molecule has 1 aliphatic rings. The lowest BCUT2D eigenvalue weighted by Crippen LogP contribution is -2.33. The number of anilines is 1. The van der Waals surface area contributed by atoms with Crippen molar-refractivity contribution in [2.24, 2.45) is 0 Å². The summed E-state index contributed by atoms with van der Waals surface area (Å²) in [7, 11) is 1.54. The van der Waals surface area contributed by atoms with E-state index in [-0.39, 0.29) is 29.7 Å². The predicted octanol–water partition coefficient (Wildman–Crippen LogP) is 4.06. The molecule has 3 aromatic carbocycles. The van der Waals surface area contributed by atoms with Gasteiger partial charge >= 0.3 is 0 Å². The summed E-state index contributed by atoms with van der Waals surface area (Å²) in [5.74, 6) is -0.699. The lowest BCUT2D eigenvalue weighted by atomic mass is 10.1. The van der Waals surface area contributed by atoms with E-state index in [9.17, 15) is 14.4 Å². The quantitative estimate of drug-likeness (QED) is 0.480. The molecule has 3 aromatic rings. The van der Waals surface area contributed by atoms with Gasteiger partial charge in [-0.05, 0) is 35.4 Å². The molecule has 3 amide bonds. The van der Waals surface area contributed by atoms with Crippen molar-refractivity contribution in [1.82, 2.24) is 10.2 Å². The first kappa shape index (κ1) is 23.1. The van der Waals surface area contributed by atoms with Crippen LogP contribution in [0.2, 0.25) is 0 Å². The summed E-state index contributed by atoms with van der Waals surface area (Å²) in [6, 6.07) is 23.3. The van der Waals surface area contributed by atoms with Crippen molar-refractivity contribution in [1.29, 1.82) is 0 Å². The van der Waals surface area contributed by atoms with Crippen molar-refractivity contribution in [3.8, 4) is 5.75 Å². The van der Waals surface area contributed by atoms with E-state index in [4.69, 9.17) is 16.3 Å². The zero-order valence-corrected chi connectivity index (χ0v) is 19.1. The van der Waals surface area contributed by atoms with E-state index in [1.165, 1.54) is 7.11 Å². The van der Waals surface area contributed by atoms with E-state index in [1.807, 2.05) is 42.5 Å². The van der Waals surface area contributed by atoms with Gasteiger partial charge in [0.05, 0.1) is 19.3 Å². The Labute approximate surface area is 202 Å².